The van der Waals surface area contributed by atoms with Crippen LogP contribution in [0.4, 0.5) is 0 Å². The van der Waals surface area contributed by atoms with Gasteiger partial charge in [0.05, 0.1) is 6.04 Å². The third kappa shape index (κ3) is 2.91. The van der Waals surface area contributed by atoms with E-state index in [0.717, 1.165) is 5.71 Å². The molecule has 2 unspecified atom stereocenters. The summed E-state index contributed by atoms with van der Waals surface area (Å²) in [6.07, 6.45) is 0. The monoisotopic (exact) mass is 276 g/mol. The zero-order chi connectivity index (χ0) is 14.7. The molecule has 0 spiro atoms. The molecule has 0 saturated carbocycles. The lowest BCUT2D eigenvalue weighted by Crippen LogP contribution is -2.36. The molecule has 2 nitrogen and oxygen atoms in total. The van der Waals surface area contributed by atoms with Crippen molar-refractivity contribution in [3.63, 3.8) is 0 Å². The maximum Gasteiger partial charge on any atom is 0.196 e. The minimum Gasteiger partial charge on any atom is -0.278 e. The van der Waals surface area contributed by atoms with Gasteiger partial charge in [-0.15, -0.1) is 0 Å². The second-order valence-electron chi connectivity index (χ2n) is 5.60. The Morgan fingerprint density at radius 1 is 0.905 bits per heavy atom. The summed E-state index contributed by atoms with van der Waals surface area (Å²) in [5.41, 5.74) is 3.79. The number of hydrogen-bond donors (Lipinski definition) is 1. The van der Waals surface area contributed by atoms with Gasteiger partial charge in [-0.05, 0) is 11.1 Å². The third-order valence-corrected chi connectivity index (χ3v) is 4.29. The van der Waals surface area contributed by atoms with Gasteiger partial charge in [0.1, 0.15) is 0 Å². The van der Waals surface area contributed by atoms with E-state index in [2.05, 4.69) is 85.4 Å². The largest absolute Gasteiger partial charge is 0.278 e. The van der Waals surface area contributed by atoms with Crippen LogP contribution >= 0.6 is 0 Å². The van der Waals surface area contributed by atoms with Crippen LogP contribution in [0.3, 0.4) is 0 Å². The van der Waals surface area contributed by atoms with E-state index in [1.165, 1.54) is 11.1 Å². The molecule has 2 radical (unpaired) electrons. The molecule has 2 aromatic rings. The van der Waals surface area contributed by atoms with E-state index >= 15 is 0 Å². The number of nitrogens with one attached hydrogen (secondary N) is 1. The van der Waals surface area contributed by atoms with Crippen molar-refractivity contribution in [1.29, 1.82) is 0 Å². The van der Waals surface area contributed by atoms with E-state index in [1.54, 1.807) is 0 Å². The fraction of sp³-hybridized carbons (Fsp3) is 0.263. The minimum atomic E-state index is 0.211. The highest BCUT2D eigenvalue weighted by atomic mass is 15.1. The van der Waals surface area contributed by atoms with E-state index in [1.807, 2.05) is 6.07 Å². The number of aliphatic imine (C=N–C) groups is 1. The highest BCUT2D eigenvalue weighted by Gasteiger charge is 2.31. The van der Waals surface area contributed by atoms with Gasteiger partial charge >= 0.3 is 0 Å². The summed E-state index contributed by atoms with van der Waals surface area (Å²) in [5.74, 6) is 0.663. The van der Waals surface area contributed by atoms with Gasteiger partial charge < -0.3 is 0 Å². The summed E-state index contributed by atoms with van der Waals surface area (Å²) >= 11 is 0. The Kier molecular flexibility index (Phi) is 4.16. The summed E-state index contributed by atoms with van der Waals surface area (Å²) in [7, 11) is 0. The van der Waals surface area contributed by atoms with Crippen LogP contribution in [0.5, 0.6) is 0 Å². The fourth-order valence-electron chi connectivity index (χ4n) is 2.92. The van der Waals surface area contributed by atoms with Crippen molar-refractivity contribution in [2.75, 3.05) is 0 Å². The first-order valence-corrected chi connectivity index (χ1v) is 7.45. The van der Waals surface area contributed by atoms with Crippen molar-refractivity contribution >= 4 is 5.71 Å². The SMILES string of the molecule is CC(C1=N[C]N[C@@H]1C(C)c1ccccc1)c1ccccc1. The maximum atomic E-state index is 4.50. The fourth-order valence-corrected chi connectivity index (χ4v) is 2.92. The van der Waals surface area contributed by atoms with Crippen molar-refractivity contribution in [2.45, 2.75) is 31.7 Å². The molecule has 2 aromatic carbocycles. The molecule has 3 atom stereocenters. The molecule has 21 heavy (non-hydrogen) atoms. The summed E-state index contributed by atoms with van der Waals surface area (Å²) in [6.45, 7) is 7.42. The average Bonchev–Trinajstić information content (AvgIpc) is 3.04. The zero-order valence-electron chi connectivity index (χ0n) is 12.5. The minimum absolute atomic E-state index is 0.211. The summed E-state index contributed by atoms with van der Waals surface area (Å²) < 4.78 is 0. The molecule has 0 bridgehead atoms. The zero-order valence-corrected chi connectivity index (χ0v) is 12.5. The normalized spacial score (nSPS) is 20.9. The van der Waals surface area contributed by atoms with Gasteiger partial charge in [0.25, 0.3) is 0 Å². The Bertz CT molecular complexity index is 604. The second-order valence-corrected chi connectivity index (χ2v) is 5.60. The summed E-state index contributed by atoms with van der Waals surface area (Å²) in [6, 6.07) is 21.3. The van der Waals surface area contributed by atoms with Gasteiger partial charge in [-0.2, -0.15) is 0 Å². The highest BCUT2D eigenvalue weighted by Crippen LogP contribution is 2.29. The van der Waals surface area contributed by atoms with Gasteiger partial charge in [0, 0.05) is 17.5 Å². The Labute approximate surface area is 126 Å². The molecule has 3 rings (SSSR count). The molecule has 1 heterocycles. The van der Waals surface area contributed by atoms with Crippen LogP contribution in [0.2, 0.25) is 0 Å². The van der Waals surface area contributed by atoms with Crippen molar-refractivity contribution in [2.24, 2.45) is 4.99 Å². The van der Waals surface area contributed by atoms with Gasteiger partial charge in [-0.25, -0.2) is 0 Å². The van der Waals surface area contributed by atoms with Crippen LogP contribution in [-0.2, 0) is 0 Å². The molecular formula is C19H20N2. The van der Waals surface area contributed by atoms with Crippen LogP contribution < -0.4 is 5.32 Å². The molecule has 2 heteroatoms. The van der Waals surface area contributed by atoms with E-state index < -0.39 is 0 Å². The van der Waals surface area contributed by atoms with E-state index in [-0.39, 0.29) is 6.04 Å². The predicted molar refractivity (Wildman–Crippen MR) is 87.3 cm³/mol. The van der Waals surface area contributed by atoms with Crippen molar-refractivity contribution in [3.8, 4) is 0 Å². The van der Waals surface area contributed by atoms with Gasteiger partial charge in [-0.1, -0.05) is 74.5 Å². The molecule has 0 aliphatic carbocycles. The third-order valence-electron chi connectivity index (χ3n) is 4.29. The number of nitrogens with zero attached hydrogens (tertiary/aromatic N) is 1. The van der Waals surface area contributed by atoms with Crippen LogP contribution in [0.1, 0.15) is 36.8 Å². The molecule has 0 fully saturated rings. The Morgan fingerprint density at radius 2 is 1.48 bits per heavy atom. The van der Waals surface area contributed by atoms with Crippen LogP contribution in [0.15, 0.2) is 65.7 Å². The van der Waals surface area contributed by atoms with Crippen LogP contribution in [-0.4, -0.2) is 11.8 Å². The highest BCUT2D eigenvalue weighted by molar-refractivity contribution is 5.97. The Hall–Kier alpha value is -1.93. The van der Waals surface area contributed by atoms with Crippen molar-refractivity contribution < 1.29 is 0 Å². The van der Waals surface area contributed by atoms with Gasteiger partial charge in [-0.3, -0.25) is 10.3 Å². The molecule has 0 saturated heterocycles. The summed E-state index contributed by atoms with van der Waals surface area (Å²) in [5, 5.41) is 3.30. The second kappa shape index (κ2) is 6.23. The molecule has 106 valence electrons. The van der Waals surface area contributed by atoms with E-state index in [9.17, 15) is 0 Å². The number of benzene rings is 2. The Morgan fingerprint density at radius 3 is 2.10 bits per heavy atom. The molecule has 1 N–H and O–H groups in total. The topological polar surface area (TPSA) is 24.4 Å². The van der Waals surface area contributed by atoms with Crippen LogP contribution in [0.25, 0.3) is 0 Å². The smallest absolute Gasteiger partial charge is 0.196 e. The average molecular weight is 276 g/mol. The standard InChI is InChI=1S/C19H20N2/c1-14(16-9-5-3-6-10-16)18-19(21-13-20-18)15(2)17-11-7-4-8-12-17/h3-12,14-15,18,20H,1-2H3/t14?,15?,18-/m1/s1. The number of rotatable bonds is 4. The lowest BCUT2D eigenvalue weighted by atomic mass is 9.84. The number of hydrogen-bond acceptors (Lipinski definition) is 2. The van der Waals surface area contributed by atoms with Crippen molar-refractivity contribution in [3.05, 3.63) is 78.5 Å². The Balaban J connectivity index is 1.83. The van der Waals surface area contributed by atoms with E-state index in [4.69, 9.17) is 0 Å². The molecule has 0 amide bonds. The van der Waals surface area contributed by atoms with Crippen molar-refractivity contribution in [1.82, 2.24) is 5.32 Å². The summed E-state index contributed by atoms with van der Waals surface area (Å²) in [4.78, 5) is 4.50. The lowest BCUT2D eigenvalue weighted by molar-refractivity contribution is 0.608. The van der Waals surface area contributed by atoms with Gasteiger partial charge in [0.2, 0.25) is 0 Å². The molecular weight excluding hydrogens is 256 g/mol. The maximum absolute atomic E-state index is 4.50. The van der Waals surface area contributed by atoms with Gasteiger partial charge in [0.15, 0.2) is 6.67 Å². The van der Waals surface area contributed by atoms with Crippen LogP contribution in [0, 0.1) is 6.67 Å². The lowest BCUT2D eigenvalue weighted by Gasteiger charge is -2.25. The first-order chi connectivity index (χ1) is 10.3. The quantitative estimate of drug-likeness (QED) is 0.896. The molecule has 1 aliphatic rings. The van der Waals surface area contributed by atoms with E-state index in [0.29, 0.717) is 11.8 Å². The predicted octanol–water partition coefficient (Wildman–Crippen LogP) is 4.00. The molecule has 0 aromatic heterocycles. The molecule has 1 aliphatic heterocycles. The first kappa shape index (κ1) is 14.0. The first-order valence-electron chi connectivity index (χ1n) is 7.45.